The van der Waals surface area contributed by atoms with Crippen molar-refractivity contribution in [2.45, 2.75) is 35.6 Å². The molecule has 0 spiro atoms. The number of aromatic carboxylic acids is 1. The molecule has 3 aromatic rings. The Balaban J connectivity index is 1.93. The molecule has 31 heavy (non-hydrogen) atoms. The van der Waals surface area contributed by atoms with Crippen LogP contribution in [0.25, 0.3) is 5.69 Å². The number of benzene rings is 2. The first-order chi connectivity index (χ1) is 14.8. The Hall–Kier alpha value is -2.55. The summed E-state index contributed by atoms with van der Waals surface area (Å²) in [5.41, 5.74) is 1.04. The van der Waals surface area contributed by atoms with E-state index in [1.165, 1.54) is 28.9 Å². The zero-order valence-corrected chi connectivity index (χ0v) is 18.5. The van der Waals surface area contributed by atoms with Crippen molar-refractivity contribution in [3.05, 3.63) is 63.6 Å². The number of sulfone groups is 1. The maximum absolute atomic E-state index is 13.6. The monoisotopic (exact) mass is 480 g/mol. The molecule has 0 aliphatic carbocycles. The van der Waals surface area contributed by atoms with Crippen LogP contribution in [0.2, 0.25) is 10.0 Å². The third kappa shape index (κ3) is 4.03. The summed E-state index contributed by atoms with van der Waals surface area (Å²) in [5.74, 6) is -0.736. The first kappa shape index (κ1) is 21.7. The standard InChI is InChI=1S/C21H18Cl2N2O5S/c22-16-6-4-7-17(23)18(16)31(28,29)19-15-5-2-1-3-12-30-20(15)25(24-19)14-10-8-13(9-11-14)21(26)27/h4,6-11H,1-3,5,12H2,(H,26,27). The first-order valence-electron chi connectivity index (χ1n) is 9.58. The summed E-state index contributed by atoms with van der Waals surface area (Å²) in [7, 11) is -4.15. The Morgan fingerprint density at radius 3 is 2.35 bits per heavy atom. The lowest BCUT2D eigenvalue weighted by Crippen LogP contribution is -2.09. The molecule has 0 saturated carbocycles. The maximum Gasteiger partial charge on any atom is 0.335 e. The number of fused-ring (bicyclic) bond motifs is 1. The molecule has 0 amide bonds. The van der Waals surface area contributed by atoms with E-state index in [9.17, 15) is 13.2 Å². The minimum Gasteiger partial charge on any atom is -0.478 e. The normalized spacial score (nSPS) is 14.3. The average Bonchev–Trinajstić information content (AvgIpc) is 3.05. The van der Waals surface area contributed by atoms with Crippen LogP contribution in [0.3, 0.4) is 0 Å². The topological polar surface area (TPSA) is 98.5 Å². The Morgan fingerprint density at radius 2 is 1.71 bits per heavy atom. The second-order valence-corrected chi connectivity index (χ2v) is 9.68. The van der Waals surface area contributed by atoms with Crippen LogP contribution in [0.15, 0.2) is 52.4 Å². The van der Waals surface area contributed by atoms with Crippen molar-refractivity contribution in [1.29, 1.82) is 0 Å². The smallest absolute Gasteiger partial charge is 0.335 e. The van der Waals surface area contributed by atoms with E-state index < -0.39 is 15.8 Å². The van der Waals surface area contributed by atoms with Crippen LogP contribution in [0.4, 0.5) is 0 Å². The molecule has 0 fully saturated rings. The number of nitrogens with zero attached hydrogens (tertiary/aromatic N) is 2. The van der Waals surface area contributed by atoms with Gasteiger partial charge < -0.3 is 9.84 Å². The Labute approximate surface area is 189 Å². The number of hydrogen-bond donors (Lipinski definition) is 1. The fraction of sp³-hybridized carbons (Fsp3) is 0.238. The molecule has 2 aromatic carbocycles. The molecule has 0 atom stereocenters. The highest BCUT2D eigenvalue weighted by Crippen LogP contribution is 2.39. The van der Waals surface area contributed by atoms with Gasteiger partial charge >= 0.3 is 5.97 Å². The molecule has 0 saturated heterocycles. The van der Waals surface area contributed by atoms with Gasteiger partial charge in [0.1, 0.15) is 4.90 Å². The number of carboxylic acids is 1. The number of ether oxygens (including phenoxy) is 1. The summed E-state index contributed by atoms with van der Waals surface area (Å²) in [6.45, 7) is 0.415. The molecule has 7 nitrogen and oxygen atoms in total. The number of halogens is 2. The van der Waals surface area contributed by atoms with Crippen LogP contribution in [0, 0.1) is 0 Å². The zero-order chi connectivity index (χ0) is 22.2. The Kier molecular flexibility index (Phi) is 5.96. The number of hydrogen-bond acceptors (Lipinski definition) is 5. The van der Waals surface area contributed by atoms with Gasteiger partial charge in [0, 0.05) is 0 Å². The van der Waals surface area contributed by atoms with Crippen molar-refractivity contribution in [2.75, 3.05) is 6.61 Å². The van der Waals surface area contributed by atoms with E-state index in [1.54, 1.807) is 18.2 Å². The van der Waals surface area contributed by atoms with Gasteiger partial charge in [-0.3, -0.25) is 0 Å². The SMILES string of the molecule is O=C(O)c1ccc(-n2nc(S(=O)(=O)c3c(Cl)cccc3Cl)c3c2OCCCCC3)cc1. The van der Waals surface area contributed by atoms with E-state index in [1.807, 2.05) is 0 Å². The Bertz CT molecular complexity index is 1230. The van der Waals surface area contributed by atoms with Gasteiger partial charge in [-0.1, -0.05) is 29.3 Å². The van der Waals surface area contributed by atoms with Crippen molar-refractivity contribution < 1.29 is 23.1 Å². The molecule has 162 valence electrons. The van der Waals surface area contributed by atoms with E-state index in [2.05, 4.69) is 5.10 Å². The van der Waals surface area contributed by atoms with Crippen LogP contribution in [-0.2, 0) is 16.3 Å². The molecule has 2 heterocycles. The van der Waals surface area contributed by atoms with Crippen molar-refractivity contribution >= 4 is 39.0 Å². The van der Waals surface area contributed by atoms with Crippen LogP contribution >= 0.6 is 23.2 Å². The van der Waals surface area contributed by atoms with Crippen LogP contribution in [0.1, 0.15) is 35.2 Å². The van der Waals surface area contributed by atoms with Gasteiger partial charge in [-0.25, -0.2) is 13.2 Å². The summed E-state index contributed by atoms with van der Waals surface area (Å²) in [5, 5.41) is 13.4. The minimum absolute atomic E-state index is 0.00775. The van der Waals surface area contributed by atoms with E-state index >= 15 is 0 Å². The molecule has 0 unspecified atom stereocenters. The van der Waals surface area contributed by atoms with Gasteiger partial charge in [-0.15, -0.1) is 0 Å². The van der Waals surface area contributed by atoms with Crippen LogP contribution in [-0.4, -0.2) is 35.9 Å². The molecule has 1 aliphatic rings. The van der Waals surface area contributed by atoms with Gasteiger partial charge in [0.2, 0.25) is 15.7 Å². The van der Waals surface area contributed by atoms with E-state index in [4.69, 9.17) is 33.0 Å². The molecule has 10 heteroatoms. The molecule has 1 aliphatic heterocycles. The summed E-state index contributed by atoms with van der Waals surface area (Å²) in [4.78, 5) is 11.0. The summed E-state index contributed by atoms with van der Waals surface area (Å²) >= 11 is 12.4. The number of aromatic nitrogens is 2. The minimum atomic E-state index is -4.15. The van der Waals surface area contributed by atoms with Gasteiger partial charge in [0.15, 0.2) is 5.03 Å². The fourth-order valence-corrected chi connectivity index (χ4v) is 6.05. The zero-order valence-electron chi connectivity index (χ0n) is 16.2. The molecule has 1 aromatic heterocycles. The third-order valence-electron chi connectivity index (χ3n) is 5.01. The highest BCUT2D eigenvalue weighted by atomic mass is 35.5. The lowest BCUT2D eigenvalue weighted by molar-refractivity contribution is 0.0697. The highest BCUT2D eigenvalue weighted by Gasteiger charge is 2.34. The molecule has 1 N–H and O–H groups in total. The van der Waals surface area contributed by atoms with Gasteiger partial charge in [-0.05, 0) is 62.1 Å². The van der Waals surface area contributed by atoms with Gasteiger partial charge in [0.05, 0.1) is 33.5 Å². The predicted octanol–water partition coefficient (Wildman–Crippen LogP) is 4.82. The van der Waals surface area contributed by atoms with Crippen molar-refractivity contribution in [1.82, 2.24) is 9.78 Å². The molecule has 4 rings (SSSR count). The van der Waals surface area contributed by atoms with E-state index in [0.717, 1.165) is 19.3 Å². The lowest BCUT2D eigenvalue weighted by atomic mass is 10.1. The largest absolute Gasteiger partial charge is 0.478 e. The van der Waals surface area contributed by atoms with Crippen LogP contribution < -0.4 is 4.74 Å². The number of rotatable bonds is 4. The van der Waals surface area contributed by atoms with Crippen molar-refractivity contribution in [2.24, 2.45) is 0 Å². The first-order valence-corrected chi connectivity index (χ1v) is 11.8. The molecule has 0 radical (unpaired) electrons. The number of carbonyl (C=O) groups is 1. The maximum atomic E-state index is 13.6. The molecular weight excluding hydrogens is 463 g/mol. The predicted molar refractivity (Wildman–Crippen MR) is 115 cm³/mol. The molecular formula is C21H18Cl2N2O5S. The summed E-state index contributed by atoms with van der Waals surface area (Å²) < 4.78 is 34.4. The number of carboxylic acid groups (broad SMARTS) is 1. The lowest BCUT2D eigenvalue weighted by Gasteiger charge is -2.14. The second-order valence-electron chi connectivity index (χ2n) is 7.07. The Morgan fingerprint density at radius 1 is 1.03 bits per heavy atom. The second kappa shape index (κ2) is 8.53. The van der Waals surface area contributed by atoms with Crippen molar-refractivity contribution in [3.8, 4) is 11.6 Å². The summed E-state index contributed by atoms with van der Waals surface area (Å²) in [6.07, 6.45) is 2.96. The quantitative estimate of drug-likeness (QED) is 0.574. The van der Waals surface area contributed by atoms with E-state index in [-0.39, 0.29) is 25.5 Å². The average molecular weight is 481 g/mol. The van der Waals surface area contributed by atoms with Gasteiger partial charge in [-0.2, -0.15) is 9.78 Å². The highest BCUT2D eigenvalue weighted by molar-refractivity contribution is 7.91. The summed E-state index contributed by atoms with van der Waals surface area (Å²) in [6, 6.07) is 10.4. The van der Waals surface area contributed by atoms with Crippen molar-refractivity contribution in [3.63, 3.8) is 0 Å². The van der Waals surface area contributed by atoms with Crippen LogP contribution in [0.5, 0.6) is 5.88 Å². The van der Waals surface area contributed by atoms with Gasteiger partial charge in [0.25, 0.3) is 0 Å². The third-order valence-corrected chi connectivity index (χ3v) is 7.68. The molecule has 0 bridgehead atoms. The van der Waals surface area contributed by atoms with E-state index in [0.29, 0.717) is 30.2 Å². The fourth-order valence-electron chi connectivity index (χ4n) is 3.50.